The predicted octanol–water partition coefficient (Wildman–Crippen LogP) is -0.551. The maximum absolute atomic E-state index is 12.8. The van der Waals surface area contributed by atoms with E-state index in [1.165, 1.54) is 24.4 Å². The Hall–Kier alpha value is -1.53. The summed E-state index contributed by atoms with van der Waals surface area (Å²) in [6.07, 6.45) is 1.41. The zero-order valence-corrected chi connectivity index (χ0v) is 7.05. The van der Waals surface area contributed by atoms with Crippen molar-refractivity contribution in [3.05, 3.63) is 30.3 Å². The van der Waals surface area contributed by atoms with E-state index in [1.54, 1.807) is 0 Å². The molecule has 70 valence electrons. The summed E-state index contributed by atoms with van der Waals surface area (Å²) in [6.45, 7) is 0. The van der Waals surface area contributed by atoms with Crippen molar-refractivity contribution < 1.29 is 14.4 Å². The van der Waals surface area contributed by atoms with Crippen molar-refractivity contribution in [3.8, 4) is 0 Å². The van der Waals surface area contributed by atoms with Gasteiger partial charge in [-0.1, -0.05) is 0 Å². The number of fused-ring (bicyclic) bond motifs is 1. The third kappa shape index (κ3) is 1.45. The van der Waals surface area contributed by atoms with E-state index in [9.17, 15) is 4.39 Å². The van der Waals surface area contributed by atoms with Gasteiger partial charge in [0, 0.05) is 11.7 Å². The van der Waals surface area contributed by atoms with Crippen molar-refractivity contribution >= 4 is 23.6 Å². The largest absolute Gasteiger partial charge is 0.490 e. The summed E-state index contributed by atoms with van der Waals surface area (Å²) >= 11 is 0. The van der Waals surface area contributed by atoms with Crippen molar-refractivity contribution in [2.45, 2.75) is 0 Å². The lowest BCUT2D eigenvalue weighted by Gasteiger charge is -2.02. The Morgan fingerprint density at radius 3 is 2.71 bits per heavy atom. The molecule has 2 aromatic heterocycles. The van der Waals surface area contributed by atoms with Crippen molar-refractivity contribution in [2.24, 2.45) is 0 Å². The number of nitrogens with zero attached hydrogens (tertiary/aromatic N) is 2. The molecule has 2 heterocycles. The molecule has 0 aliphatic heterocycles. The highest BCUT2D eigenvalue weighted by atomic mass is 19.1. The maximum atomic E-state index is 12.8. The highest BCUT2D eigenvalue weighted by molar-refractivity contribution is 6.61. The van der Waals surface area contributed by atoms with Crippen LogP contribution in [0, 0.1) is 5.95 Å². The van der Waals surface area contributed by atoms with E-state index in [4.69, 9.17) is 10.0 Å². The number of pyridine rings is 2. The van der Waals surface area contributed by atoms with Crippen LogP contribution in [-0.4, -0.2) is 27.1 Å². The first-order valence-electron chi connectivity index (χ1n) is 3.96. The van der Waals surface area contributed by atoms with E-state index in [0.717, 1.165) is 0 Å². The zero-order valence-electron chi connectivity index (χ0n) is 7.05. The van der Waals surface area contributed by atoms with Gasteiger partial charge in [-0.05, 0) is 18.2 Å². The lowest BCUT2D eigenvalue weighted by Crippen LogP contribution is -2.31. The lowest BCUT2D eigenvalue weighted by atomic mass is 9.80. The molecular formula is C8H6BFN2O2. The molecule has 0 amide bonds. The van der Waals surface area contributed by atoms with Gasteiger partial charge in [0.2, 0.25) is 5.95 Å². The van der Waals surface area contributed by atoms with Crippen LogP contribution in [0.2, 0.25) is 0 Å². The number of rotatable bonds is 1. The van der Waals surface area contributed by atoms with Crippen LogP contribution in [-0.2, 0) is 0 Å². The summed E-state index contributed by atoms with van der Waals surface area (Å²) in [5, 5.41) is 18.0. The van der Waals surface area contributed by atoms with Crippen molar-refractivity contribution in [1.82, 2.24) is 9.97 Å². The van der Waals surface area contributed by atoms with E-state index < -0.39 is 13.1 Å². The first-order valence-corrected chi connectivity index (χ1v) is 3.96. The van der Waals surface area contributed by atoms with Crippen molar-refractivity contribution in [1.29, 1.82) is 0 Å². The normalized spacial score (nSPS) is 10.5. The van der Waals surface area contributed by atoms with Crippen molar-refractivity contribution in [2.75, 3.05) is 0 Å². The van der Waals surface area contributed by atoms with E-state index in [2.05, 4.69) is 9.97 Å². The minimum absolute atomic E-state index is 0.148. The quantitative estimate of drug-likeness (QED) is 0.469. The molecule has 6 heteroatoms. The number of hydrogen-bond acceptors (Lipinski definition) is 4. The smallest absolute Gasteiger partial charge is 0.423 e. The van der Waals surface area contributed by atoms with Gasteiger partial charge in [-0.15, -0.1) is 0 Å². The van der Waals surface area contributed by atoms with Crippen LogP contribution in [0.25, 0.3) is 11.0 Å². The molecule has 0 aliphatic rings. The Morgan fingerprint density at radius 2 is 2.00 bits per heavy atom. The second-order valence-electron chi connectivity index (χ2n) is 2.78. The molecule has 0 saturated carbocycles. The van der Waals surface area contributed by atoms with Gasteiger partial charge < -0.3 is 10.0 Å². The molecule has 2 N–H and O–H groups in total. The van der Waals surface area contributed by atoms with Crippen LogP contribution in [0.5, 0.6) is 0 Å². The number of hydrogen-bond donors (Lipinski definition) is 2. The SMILES string of the molecule is OB(O)c1ccnc2ccc(F)nc12. The number of aromatic nitrogens is 2. The molecule has 0 aromatic carbocycles. The summed E-state index contributed by atoms with van der Waals surface area (Å²) in [5.41, 5.74) is 0.744. The number of halogens is 1. The van der Waals surface area contributed by atoms with Crippen LogP contribution in [0.4, 0.5) is 4.39 Å². The first kappa shape index (κ1) is 9.05. The molecule has 0 saturated heterocycles. The molecule has 2 aromatic rings. The van der Waals surface area contributed by atoms with Crippen LogP contribution in [0.3, 0.4) is 0 Å². The summed E-state index contributed by atoms with van der Waals surface area (Å²) < 4.78 is 12.8. The van der Waals surface area contributed by atoms with Crippen LogP contribution >= 0.6 is 0 Å². The Labute approximate surface area is 79.2 Å². The van der Waals surface area contributed by atoms with E-state index in [1.807, 2.05) is 0 Å². The molecule has 0 atom stereocenters. The maximum Gasteiger partial charge on any atom is 0.490 e. The van der Waals surface area contributed by atoms with Gasteiger partial charge in [-0.25, -0.2) is 4.98 Å². The molecule has 0 unspecified atom stereocenters. The van der Waals surface area contributed by atoms with Crippen LogP contribution in [0.15, 0.2) is 24.4 Å². The van der Waals surface area contributed by atoms with Gasteiger partial charge >= 0.3 is 7.12 Å². The second-order valence-corrected chi connectivity index (χ2v) is 2.78. The Morgan fingerprint density at radius 1 is 1.21 bits per heavy atom. The van der Waals surface area contributed by atoms with Gasteiger partial charge in [-0.2, -0.15) is 4.39 Å². The summed E-state index contributed by atoms with van der Waals surface area (Å²) in [5.74, 6) is -0.674. The molecule has 14 heavy (non-hydrogen) atoms. The van der Waals surface area contributed by atoms with E-state index in [0.29, 0.717) is 5.52 Å². The fraction of sp³-hybridized carbons (Fsp3) is 0. The highest BCUT2D eigenvalue weighted by Gasteiger charge is 2.16. The average molecular weight is 192 g/mol. The molecule has 0 spiro atoms. The Bertz CT molecular complexity index is 478. The fourth-order valence-electron chi connectivity index (χ4n) is 1.23. The third-order valence-electron chi connectivity index (χ3n) is 1.86. The molecule has 0 radical (unpaired) electrons. The van der Waals surface area contributed by atoms with Gasteiger partial charge in [0.1, 0.15) is 0 Å². The predicted molar refractivity (Wildman–Crippen MR) is 49.3 cm³/mol. The van der Waals surface area contributed by atoms with Crippen molar-refractivity contribution in [3.63, 3.8) is 0 Å². The molecule has 0 fully saturated rings. The summed E-state index contributed by atoms with van der Waals surface area (Å²) in [7, 11) is -1.67. The minimum Gasteiger partial charge on any atom is -0.423 e. The third-order valence-corrected chi connectivity index (χ3v) is 1.86. The Balaban J connectivity index is 2.77. The van der Waals surface area contributed by atoms with E-state index in [-0.39, 0.29) is 11.0 Å². The summed E-state index contributed by atoms with van der Waals surface area (Å²) in [6, 6.07) is 3.99. The Kier molecular flexibility index (Phi) is 2.15. The van der Waals surface area contributed by atoms with E-state index >= 15 is 0 Å². The molecule has 0 aliphatic carbocycles. The second kappa shape index (κ2) is 3.32. The lowest BCUT2D eigenvalue weighted by molar-refractivity contribution is 0.426. The fourth-order valence-corrected chi connectivity index (χ4v) is 1.23. The topological polar surface area (TPSA) is 66.2 Å². The van der Waals surface area contributed by atoms with Crippen LogP contribution in [0.1, 0.15) is 0 Å². The minimum atomic E-state index is -1.67. The van der Waals surface area contributed by atoms with Gasteiger partial charge in [0.15, 0.2) is 0 Å². The molecule has 4 nitrogen and oxygen atoms in total. The van der Waals surface area contributed by atoms with Gasteiger partial charge in [0.25, 0.3) is 0 Å². The molecule has 2 rings (SSSR count). The molecular weight excluding hydrogens is 186 g/mol. The highest BCUT2D eigenvalue weighted by Crippen LogP contribution is 2.06. The molecule has 0 bridgehead atoms. The first-order chi connectivity index (χ1) is 6.68. The van der Waals surface area contributed by atoms with Gasteiger partial charge in [0.05, 0.1) is 11.0 Å². The summed E-state index contributed by atoms with van der Waals surface area (Å²) in [4.78, 5) is 7.46. The standard InChI is InChI=1S/C8H6BFN2O2/c10-7-2-1-6-8(12-7)5(9(13)14)3-4-11-6/h1-4,13-14H. The van der Waals surface area contributed by atoms with Gasteiger partial charge in [-0.3, -0.25) is 4.98 Å². The zero-order chi connectivity index (χ0) is 10.1. The monoisotopic (exact) mass is 192 g/mol. The van der Waals surface area contributed by atoms with Crippen LogP contribution < -0.4 is 5.46 Å². The average Bonchev–Trinajstić information content (AvgIpc) is 2.16.